The van der Waals surface area contributed by atoms with Crippen molar-refractivity contribution in [3.05, 3.63) is 42.5 Å². The third kappa shape index (κ3) is 2.80. The number of carbonyl (C=O) groups is 1. The molecule has 94 valence electrons. The predicted octanol–water partition coefficient (Wildman–Crippen LogP) is 3.47. The zero-order chi connectivity index (χ0) is 13.0. The normalized spacial score (nSPS) is 12.3. The third-order valence-corrected chi connectivity index (χ3v) is 2.90. The van der Waals surface area contributed by atoms with Gasteiger partial charge < -0.3 is 9.84 Å². The van der Waals surface area contributed by atoms with Crippen molar-refractivity contribution in [2.45, 2.75) is 25.9 Å². The number of hydrogen-bond acceptors (Lipinski definition) is 2. The van der Waals surface area contributed by atoms with Crippen LogP contribution in [0, 0.1) is 0 Å². The molecule has 0 saturated heterocycles. The summed E-state index contributed by atoms with van der Waals surface area (Å²) in [5.41, 5.74) is 0. The topological polar surface area (TPSA) is 46.5 Å². The monoisotopic (exact) mass is 244 g/mol. The summed E-state index contributed by atoms with van der Waals surface area (Å²) in [5, 5.41) is 10.9. The highest BCUT2D eigenvalue weighted by Gasteiger charge is 2.13. The van der Waals surface area contributed by atoms with Crippen molar-refractivity contribution in [1.29, 1.82) is 0 Å². The molecule has 1 N–H and O–H groups in total. The summed E-state index contributed by atoms with van der Waals surface area (Å²) < 4.78 is 5.81. The lowest BCUT2D eigenvalue weighted by atomic mass is 10.1. The standard InChI is InChI=1S/C15H16O3/c1-2-12(10-15(16)17)18-14-9-5-7-11-6-3-4-8-13(11)14/h3-9,12H,2,10H2,1H3,(H,16,17). The maximum atomic E-state index is 10.7. The molecule has 0 aromatic heterocycles. The minimum atomic E-state index is -0.831. The molecule has 0 fully saturated rings. The van der Waals surface area contributed by atoms with E-state index in [1.807, 2.05) is 49.4 Å². The van der Waals surface area contributed by atoms with E-state index in [2.05, 4.69) is 0 Å². The largest absolute Gasteiger partial charge is 0.489 e. The summed E-state index contributed by atoms with van der Waals surface area (Å²) in [7, 11) is 0. The van der Waals surface area contributed by atoms with E-state index in [4.69, 9.17) is 9.84 Å². The van der Waals surface area contributed by atoms with Crippen LogP contribution in [0.1, 0.15) is 19.8 Å². The van der Waals surface area contributed by atoms with E-state index in [1.165, 1.54) is 0 Å². The molecule has 2 rings (SSSR count). The van der Waals surface area contributed by atoms with Gasteiger partial charge in [0, 0.05) is 5.39 Å². The Morgan fingerprint density at radius 2 is 1.94 bits per heavy atom. The van der Waals surface area contributed by atoms with Crippen LogP contribution >= 0.6 is 0 Å². The van der Waals surface area contributed by atoms with E-state index < -0.39 is 5.97 Å². The number of carboxylic acid groups (broad SMARTS) is 1. The van der Waals surface area contributed by atoms with Crippen molar-refractivity contribution in [1.82, 2.24) is 0 Å². The van der Waals surface area contributed by atoms with Gasteiger partial charge in [-0.25, -0.2) is 0 Å². The molecule has 0 amide bonds. The van der Waals surface area contributed by atoms with Gasteiger partial charge in [0.15, 0.2) is 0 Å². The molecule has 0 aliphatic carbocycles. The first-order valence-electron chi connectivity index (χ1n) is 6.07. The fourth-order valence-electron chi connectivity index (χ4n) is 1.94. The van der Waals surface area contributed by atoms with Gasteiger partial charge in [0.2, 0.25) is 0 Å². The molecular weight excluding hydrogens is 228 g/mol. The molecule has 2 aromatic rings. The Labute approximate surface area is 106 Å². The average Bonchev–Trinajstić information content (AvgIpc) is 2.38. The zero-order valence-electron chi connectivity index (χ0n) is 10.3. The number of rotatable bonds is 5. The molecule has 18 heavy (non-hydrogen) atoms. The van der Waals surface area contributed by atoms with Gasteiger partial charge in [-0.3, -0.25) is 4.79 Å². The highest BCUT2D eigenvalue weighted by atomic mass is 16.5. The number of aliphatic carboxylic acids is 1. The molecule has 0 radical (unpaired) electrons. The Hall–Kier alpha value is -2.03. The van der Waals surface area contributed by atoms with E-state index in [1.54, 1.807) is 0 Å². The van der Waals surface area contributed by atoms with Crippen LogP contribution in [0.25, 0.3) is 10.8 Å². The number of hydrogen-bond donors (Lipinski definition) is 1. The summed E-state index contributed by atoms with van der Waals surface area (Å²) in [6, 6.07) is 13.7. The van der Waals surface area contributed by atoms with Crippen molar-refractivity contribution in [2.24, 2.45) is 0 Å². The van der Waals surface area contributed by atoms with E-state index in [9.17, 15) is 4.79 Å². The highest BCUT2D eigenvalue weighted by Crippen LogP contribution is 2.26. The van der Waals surface area contributed by atoms with Crippen molar-refractivity contribution < 1.29 is 14.6 Å². The fraction of sp³-hybridized carbons (Fsp3) is 0.267. The second-order valence-corrected chi connectivity index (χ2v) is 4.22. The second-order valence-electron chi connectivity index (χ2n) is 4.22. The molecule has 0 spiro atoms. The quantitative estimate of drug-likeness (QED) is 0.876. The molecule has 0 aliphatic rings. The minimum absolute atomic E-state index is 0.0275. The zero-order valence-corrected chi connectivity index (χ0v) is 10.3. The van der Waals surface area contributed by atoms with Gasteiger partial charge in [-0.1, -0.05) is 43.3 Å². The first-order valence-corrected chi connectivity index (χ1v) is 6.07. The van der Waals surface area contributed by atoms with Crippen LogP contribution < -0.4 is 4.74 Å². The molecule has 1 unspecified atom stereocenters. The lowest BCUT2D eigenvalue weighted by molar-refractivity contribution is -0.138. The summed E-state index contributed by atoms with van der Waals surface area (Å²) in [4.78, 5) is 10.7. The average molecular weight is 244 g/mol. The first kappa shape index (κ1) is 12.4. The van der Waals surface area contributed by atoms with Gasteiger partial charge in [0.25, 0.3) is 0 Å². The van der Waals surface area contributed by atoms with Gasteiger partial charge in [0.1, 0.15) is 11.9 Å². The molecular formula is C15H16O3. The number of ether oxygens (including phenoxy) is 1. The van der Waals surface area contributed by atoms with Crippen molar-refractivity contribution in [3.8, 4) is 5.75 Å². The Morgan fingerprint density at radius 3 is 2.67 bits per heavy atom. The van der Waals surface area contributed by atoms with Crippen LogP contribution in [-0.2, 0) is 4.79 Å². The van der Waals surface area contributed by atoms with Gasteiger partial charge in [0.05, 0.1) is 6.42 Å². The lowest BCUT2D eigenvalue weighted by Gasteiger charge is -2.17. The summed E-state index contributed by atoms with van der Waals surface area (Å²) in [6.07, 6.45) is 0.420. The summed E-state index contributed by atoms with van der Waals surface area (Å²) >= 11 is 0. The van der Waals surface area contributed by atoms with Gasteiger partial charge in [-0.05, 0) is 17.9 Å². The molecule has 0 aliphatic heterocycles. The third-order valence-electron chi connectivity index (χ3n) is 2.90. The molecule has 0 saturated carbocycles. The summed E-state index contributed by atoms with van der Waals surface area (Å²) in [6.45, 7) is 1.93. The van der Waals surface area contributed by atoms with Gasteiger partial charge in [-0.15, -0.1) is 0 Å². The smallest absolute Gasteiger partial charge is 0.307 e. The summed E-state index contributed by atoms with van der Waals surface area (Å²) in [5.74, 6) is -0.0803. The molecule has 0 bridgehead atoms. The van der Waals surface area contributed by atoms with Crippen LogP contribution in [0.2, 0.25) is 0 Å². The Bertz CT molecular complexity index is 543. The van der Waals surface area contributed by atoms with E-state index in [0.29, 0.717) is 6.42 Å². The Kier molecular flexibility index (Phi) is 3.82. The van der Waals surface area contributed by atoms with Crippen molar-refractivity contribution in [2.75, 3.05) is 0 Å². The van der Waals surface area contributed by atoms with E-state index in [-0.39, 0.29) is 12.5 Å². The van der Waals surface area contributed by atoms with Crippen LogP contribution in [0.15, 0.2) is 42.5 Å². The van der Waals surface area contributed by atoms with Gasteiger partial charge >= 0.3 is 5.97 Å². The predicted molar refractivity (Wildman–Crippen MR) is 70.9 cm³/mol. The molecule has 3 heteroatoms. The SMILES string of the molecule is CCC(CC(=O)O)Oc1cccc2ccccc12. The molecule has 3 nitrogen and oxygen atoms in total. The van der Waals surface area contributed by atoms with E-state index in [0.717, 1.165) is 16.5 Å². The Morgan fingerprint density at radius 1 is 1.22 bits per heavy atom. The van der Waals surface area contributed by atoms with Crippen LogP contribution in [0.4, 0.5) is 0 Å². The van der Waals surface area contributed by atoms with Crippen LogP contribution in [0.5, 0.6) is 5.75 Å². The van der Waals surface area contributed by atoms with E-state index >= 15 is 0 Å². The second kappa shape index (κ2) is 5.54. The highest BCUT2D eigenvalue weighted by molar-refractivity contribution is 5.88. The maximum Gasteiger partial charge on any atom is 0.307 e. The Balaban J connectivity index is 2.27. The number of carboxylic acids is 1. The number of benzene rings is 2. The van der Waals surface area contributed by atoms with Crippen molar-refractivity contribution in [3.63, 3.8) is 0 Å². The fourth-order valence-corrected chi connectivity index (χ4v) is 1.94. The molecule has 0 heterocycles. The van der Waals surface area contributed by atoms with Crippen LogP contribution in [-0.4, -0.2) is 17.2 Å². The minimum Gasteiger partial charge on any atom is -0.489 e. The number of fused-ring (bicyclic) bond motifs is 1. The van der Waals surface area contributed by atoms with Crippen LogP contribution in [0.3, 0.4) is 0 Å². The molecule has 2 aromatic carbocycles. The maximum absolute atomic E-state index is 10.7. The first-order chi connectivity index (χ1) is 8.70. The lowest BCUT2D eigenvalue weighted by Crippen LogP contribution is -2.19. The molecule has 1 atom stereocenters. The van der Waals surface area contributed by atoms with Crippen molar-refractivity contribution >= 4 is 16.7 Å². The van der Waals surface area contributed by atoms with Gasteiger partial charge in [-0.2, -0.15) is 0 Å².